The van der Waals surface area contributed by atoms with E-state index in [-0.39, 0.29) is 12.2 Å². The molecule has 0 radical (unpaired) electrons. The van der Waals surface area contributed by atoms with Gasteiger partial charge in [-0.05, 0) is 11.6 Å². The smallest absolute Gasteiger partial charge is 0.415 e. The highest BCUT2D eigenvalue weighted by atomic mass is 16.6. The van der Waals surface area contributed by atoms with E-state index in [1.165, 1.54) is 0 Å². The molecule has 5 heteroatoms. The molecule has 1 saturated heterocycles. The molecule has 2 heterocycles. The van der Waals surface area contributed by atoms with Crippen LogP contribution in [0.3, 0.4) is 0 Å². The third kappa shape index (κ3) is 2.22. The molecule has 5 nitrogen and oxygen atoms in total. The number of carbonyl (C=O) groups is 1. The van der Waals surface area contributed by atoms with Crippen LogP contribution in [0, 0.1) is 0 Å². The second-order valence-corrected chi connectivity index (χ2v) is 4.33. The topological polar surface area (TPSA) is 68.4 Å². The fraction of sp³-hybridized carbons (Fsp3) is 0.143. The van der Waals surface area contributed by atoms with Crippen LogP contribution >= 0.6 is 0 Å². The van der Waals surface area contributed by atoms with Gasteiger partial charge in [0.25, 0.3) is 0 Å². The number of nitrogens with zero attached hydrogens (tertiary/aromatic N) is 2. The number of carbonyl (C=O) groups excluding carboxylic acids is 1. The molecule has 0 bridgehead atoms. The van der Waals surface area contributed by atoms with Gasteiger partial charge in [0.1, 0.15) is 11.9 Å². The van der Waals surface area contributed by atoms with Crippen LogP contribution in [0.5, 0.6) is 0 Å². The number of ether oxygens (including phenoxy) is 1. The summed E-state index contributed by atoms with van der Waals surface area (Å²) in [6.07, 6.45) is 0.968. The van der Waals surface area contributed by atoms with Gasteiger partial charge in [-0.3, -0.25) is 4.90 Å². The fourth-order valence-corrected chi connectivity index (χ4v) is 2.12. The number of pyridine rings is 1. The van der Waals surface area contributed by atoms with Gasteiger partial charge in [0.2, 0.25) is 0 Å². The number of hydrogen-bond acceptors (Lipinski definition) is 4. The van der Waals surface area contributed by atoms with E-state index in [1.54, 1.807) is 23.2 Å². The first-order valence-corrected chi connectivity index (χ1v) is 5.98. The van der Waals surface area contributed by atoms with Gasteiger partial charge < -0.3 is 10.5 Å². The van der Waals surface area contributed by atoms with Crippen molar-refractivity contribution >= 4 is 17.6 Å². The molecule has 2 N–H and O–H groups in total. The number of aromatic nitrogens is 1. The molecular weight excluding hydrogens is 242 g/mol. The van der Waals surface area contributed by atoms with Crippen molar-refractivity contribution in [1.82, 2.24) is 4.98 Å². The number of hydrogen-bond donors (Lipinski definition) is 1. The zero-order chi connectivity index (χ0) is 13.2. The van der Waals surface area contributed by atoms with Crippen LogP contribution in [-0.4, -0.2) is 17.6 Å². The van der Waals surface area contributed by atoms with Gasteiger partial charge in [0, 0.05) is 12.3 Å². The second-order valence-electron chi connectivity index (χ2n) is 4.33. The Hall–Kier alpha value is -2.56. The van der Waals surface area contributed by atoms with Gasteiger partial charge in [0.15, 0.2) is 0 Å². The van der Waals surface area contributed by atoms with Crippen molar-refractivity contribution in [3.63, 3.8) is 0 Å². The Morgan fingerprint density at radius 2 is 2.05 bits per heavy atom. The van der Waals surface area contributed by atoms with E-state index in [2.05, 4.69) is 4.98 Å². The second kappa shape index (κ2) is 4.61. The summed E-state index contributed by atoms with van der Waals surface area (Å²) < 4.78 is 5.38. The van der Waals surface area contributed by atoms with E-state index >= 15 is 0 Å². The standard InChI is InChI=1S/C14H13N3O2/c15-13-8-11(6-7-16-13)17-9-12(19-14(17)18)10-4-2-1-3-5-10/h1-8,12H,9H2,(H2,15,16). The molecular formula is C14H13N3O2. The molecule has 19 heavy (non-hydrogen) atoms. The van der Waals surface area contributed by atoms with Crippen LogP contribution < -0.4 is 10.6 Å². The Morgan fingerprint density at radius 1 is 1.26 bits per heavy atom. The normalized spacial score (nSPS) is 18.4. The maximum Gasteiger partial charge on any atom is 0.415 e. The van der Waals surface area contributed by atoms with Gasteiger partial charge in [0.05, 0.1) is 12.2 Å². The van der Waals surface area contributed by atoms with E-state index in [0.717, 1.165) is 5.56 Å². The molecule has 1 aliphatic heterocycles. The molecule has 1 aliphatic rings. The van der Waals surface area contributed by atoms with Gasteiger partial charge in [-0.25, -0.2) is 9.78 Å². The molecule has 1 aromatic heterocycles. The molecule has 96 valence electrons. The van der Waals surface area contributed by atoms with Crippen LogP contribution in [0.15, 0.2) is 48.7 Å². The third-order valence-electron chi connectivity index (χ3n) is 3.06. The first-order valence-electron chi connectivity index (χ1n) is 5.98. The highest BCUT2D eigenvalue weighted by Gasteiger charge is 2.33. The summed E-state index contributed by atoms with van der Waals surface area (Å²) in [6.45, 7) is 0.478. The molecule has 1 aromatic carbocycles. The van der Waals surface area contributed by atoms with Crippen LogP contribution in [0.4, 0.5) is 16.3 Å². The molecule has 0 spiro atoms. The number of nitrogen functional groups attached to an aromatic ring is 1. The number of cyclic esters (lactones) is 1. The highest BCUT2D eigenvalue weighted by Crippen LogP contribution is 2.30. The van der Waals surface area contributed by atoms with Crippen molar-refractivity contribution in [2.75, 3.05) is 17.2 Å². The van der Waals surface area contributed by atoms with Crippen molar-refractivity contribution in [2.45, 2.75) is 6.10 Å². The van der Waals surface area contributed by atoms with E-state index in [0.29, 0.717) is 18.1 Å². The summed E-state index contributed by atoms with van der Waals surface area (Å²) >= 11 is 0. The molecule has 1 amide bonds. The molecule has 1 atom stereocenters. The third-order valence-corrected chi connectivity index (χ3v) is 3.06. The summed E-state index contributed by atoms with van der Waals surface area (Å²) in [6, 6.07) is 13.1. The van der Waals surface area contributed by atoms with E-state index in [1.807, 2.05) is 30.3 Å². The number of nitrogens with two attached hydrogens (primary N) is 1. The zero-order valence-corrected chi connectivity index (χ0v) is 10.2. The molecule has 1 fully saturated rings. The van der Waals surface area contributed by atoms with Gasteiger partial charge in [-0.2, -0.15) is 0 Å². The first kappa shape index (κ1) is 11.5. The van der Waals surface area contributed by atoms with Crippen molar-refractivity contribution < 1.29 is 9.53 Å². The number of benzene rings is 1. The van der Waals surface area contributed by atoms with Crippen LogP contribution in [0.1, 0.15) is 11.7 Å². The molecule has 3 rings (SSSR count). The van der Waals surface area contributed by atoms with Crippen LogP contribution in [0.2, 0.25) is 0 Å². The predicted octanol–water partition coefficient (Wildman–Crippen LogP) is 2.36. The quantitative estimate of drug-likeness (QED) is 0.894. The predicted molar refractivity (Wildman–Crippen MR) is 71.7 cm³/mol. The van der Waals surface area contributed by atoms with Crippen molar-refractivity contribution in [3.8, 4) is 0 Å². The van der Waals surface area contributed by atoms with Crippen molar-refractivity contribution in [2.24, 2.45) is 0 Å². The zero-order valence-electron chi connectivity index (χ0n) is 10.2. The van der Waals surface area contributed by atoms with Crippen molar-refractivity contribution in [1.29, 1.82) is 0 Å². The van der Waals surface area contributed by atoms with E-state index in [4.69, 9.17) is 10.5 Å². The van der Waals surface area contributed by atoms with Gasteiger partial charge >= 0.3 is 6.09 Å². The van der Waals surface area contributed by atoms with Crippen LogP contribution in [0.25, 0.3) is 0 Å². The summed E-state index contributed by atoms with van der Waals surface area (Å²) in [5.41, 5.74) is 7.32. The highest BCUT2D eigenvalue weighted by molar-refractivity contribution is 5.90. The Bertz CT molecular complexity index is 601. The number of rotatable bonds is 2. The SMILES string of the molecule is Nc1cc(N2CC(c3ccccc3)OC2=O)ccn1. The fourth-order valence-electron chi connectivity index (χ4n) is 2.12. The molecule has 0 saturated carbocycles. The molecule has 2 aromatic rings. The lowest BCUT2D eigenvalue weighted by molar-refractivity contribution is 0.142. The summed E-state index contributed by atoms with van der Waals surface area (Å²) in [4.78, 5) is 17.4. The Kier molecular flexibility index (Phi) is 2.79. The number of amides is 1. The minimum absolute atomic E-state index is 0.247. The first-order chi connectivity index (χ1) is 9.24. The van der Waals surface area contributed by atoms with Gasteiger partial charge in [-0.15, -0.1) is 0 Å². The van der Waals surface area contributed by atoms with Gasteiger partial charge in [-0.1, -0.05) is 30.3 Å². The number of anilines is 2. The maximum absolute atomic E-state index is 11.9. The minimum Gasteiger partial charge on any atom is -0.439 e. The lowest BCUT2D eigenvalue weighted by atomic mass is 10.1. The average molecular weight is 255 g/mol. The Morgan fingerprint density at radius 3 is 2.79 bits per heavy atom. The monoisotopic (exact) mass is 255 g/mol. The Balaban J connectivity index is 1.85. The molecule has 1 unspecified atom stereocenters. The molecule has 0 aliphatic carbocycles. The maximum atomic E-state index is 11.9. The summed E-state index contributed by atoms with van der Waals surface area (Å²) in [5, 5.41) is 0. The minimum atomic E-state index is -0.362. The largest absolute Gasteiger partial charge is 0.439 e. The van der Waals surface area contributed by atoms with E-state index in [9.17, 15) is 4.79 Å². The summed E-state index contributed by atoms with van der Waals surface area (Å²) in [5.74, 6) is 0.383. The lowest BCUT2D eigenvalue weighted by Gasteiger charge is -2.12. The van der Waals surface area contributed by atoms with Crippen molar-refractivity contribution in [3.05, 3.63) is 54.2 Å². The summed E-state index contributed by atoms with van der Waals surface area (Å²) in [7, 11) is 0. The lowest BCUT2D eigenvalue weighted by Crippen LogP contribution is -2.23. The average Bonchev–Trinajstić information content (AvgIpc) is 2.82. The van der Waals surface area contributed by atoms with E-state index < -0.39 is 0 Å². The van der Waals surface area contributed by atoms with Crippen LogP contribution in [-0.2, 0) is 4.74 Å². The Labute approximate surface area is 110 Å².